The van der Waals surface area contributed by atoms with E-state index in [2.05, 4.69) is 5.73 Å². The van der Waals surface area contributed by atoms with Gasteiger partial charge in [0.1, 0.15) is 6.61 Å². The van der Waals surface area contributed by atoms with Crippen LogP contribution in [-0.4, -0.2) is 17.5 Å². The van der Waals surface area contributed by atoms with Crippen molar-refractivity contribution in [3.63, 3.8) is 0 Å². The molecular weight excluding hydrogens is 128 g/mol. The number of carbonyl (C=O) groups excluding carboxylic acids is 1. The first-order valence-electron chi connectivity index (χ1n) is 3.12. The zero-order valence-corrected chi connectivity index (χ0v) is 6.56. The molecule has 0 bridgehead atoms. The van der Waals surface area contributed by atoms with Crippen LogP contribution in [0.2, 0.25) is 0 Å². The Kier molecular flexibility index (Phi) is 3.70. The van der Waals surface area contributed by atoms with Gasteiger partial charge in [0, 0.05) is 5.57 Å². The minimum absolute atomic E-state index is 0.263. The maximum absolute atomic E-state index is 10.7. The lowest BCUT2D eigenvalue weighted by molar-refractivity contribution is -0.118. The molecule has 10 heavy (non-hydrogen) atoms. The fourth-order valence-electron chi connectivity index (χ4n) is 0.563. The van der Waals surface area contributed by atoms with Gasteiger partial charge in [-0.1, -0.05) is 0 Å². The molecule has 0 unspecified atom stereocenters. The van der Waals surface area contributed by atoms with Crippen molar-refractivity contribution in [3.05, 3.63) is 16.9 Å². The van der Waals surface area contributed by atoms with Gasteiger partial charge in [0.15, 0.2) is 5.78 Å². The van der Waals surface area contributed by atoms with Crippen molar-refractivity contribution in [3.8, 4) is 0 Å². The van der Waals surface area contributed by atoms with Gasteiger partial charge >= 0.3 is 0 Å². The number of aliphatic hydroxyl groups excluding tert-OH is 1. The molecule has 0 rings (SSSR count). The lowest BCUT2D eigenvalue weighted by Gasteiger charge is -1.90. The molecule has 0 spiro atoms. The third-order valence-corrected chi connectivity index (χ3v) is 0.999. The van der Waals surface area contributed by atoms with Crippen LogP contribution in [0.15, 0.2) is 16.9 Å². The number of hydrogen-bond donors (Lipinski definition) is 1. The molecule has 0 fully saturated rings. The summed E-state index contributed by atoms with van der Waals surface area (Å²) >= 11 is 0. The molecule has 0 aromatic heterocycles. The van der Waals surface area contributed by atoms with E-state index >= 15 is 0 Å². The molecule has 0 aliphatic heterocycles. The van der Waals surface area contributed by atoms with E-state index in [1.54, 1.807) is 6.92 Å². The maximum Gasteiger partial charge on any atom is 0.191 e. The van der Waals surface area contributed by atoms with Crippen LogP contribution in [0.25, 0.3) is 0 Å². The van der Waals surface area contributed by atoms with Gasteiger partial charge in [0.2, 0.25) is 0 Å². The quantitative estimate of drug-likeness (QED) is 0.460. The van der Waals surface area contributed by atoms with Crippen molar-refractivity contribution in [1.82, 2.24) is 0 Å². The predicted octanol–water partition coefficient (Wildman–Crippen LogP) is 1.06. The summed E-state index contributed by atoms with van der Waals surface area (Å²) in [4.78, 5) is 10.7. The van der Waals surface area contributed by atoms with Crippen LogP contribution in [0.1, 0.15) is 20.8 Å². The summed E-state index contributed by atoms with van der Waals surface area (Å²) in [5, 5.41) is 8.40. The molecule has 2 nitrogen and oxygen atoms in total. The fourth-order valence-corrected chi connectivity index (χ4v) is 0.563. The van der Waals surface area contributed by atoms with Crippen LogP contribution in [0, 0.1) is 0 Å². The Bertz CT molecular complexity index is 191. The highest BCUT2D eigenvalue weighted by molar-refractivity contribution is 5.95. The average Bonchev–Trinajstić information content (AvgIpc) is 1.85. The van der Waals surface area contributed by atoms with Crippen molar-refractivity contribution in [2.24, 2.45) is 0 Å². The summed E-state index contributed by atoms with van der Waals surface area (Å²) in [5.41, 5.74) is 4.25. The van der Waals surface area contributed by atoms with Crippen LogP contribution < -0.4 is 0 Å². The van der Waals surface area contributed by atoms with Crippen LogP contribution in [0.5, 0.6) is 0 Å². The van der Waals surface area contributed by atoms with Crippen molar-refractivity contribution >= 4 is 5.78 Å². The number of rotatable bonds is 2. The SMILES string of the molecule is CC(C)=C=C(C)C(=O)CO. The second-order valence-corrected chi connectivity index (χ2v) is 2.33. The van der Waals surface area contributed by atoms with E-state index in [1.807, 2.05) is 13.8 Å². The summed E-state index contributed by atoms with van der Waals surface area (Å²) in [5.74, 6) is -0.263. The molecule has 0 aromatic rings. The van der Waals surface area contributed by atoms with E-state index < -0.39 is 6.61 Å². The lowest BCUT2D eigenvalue weighted by Crippen LogP contribution is -2.03. The van der Waals surface area contributed by atoms with Crippen LogP contribution >= 0.6 is 0 Å². The molecule has 0 heterocycles. The van der Waals surface area contributed by atoms with E-state index in [1.165, 1.54) is 0 Å². The second kappa shape index (κ2) is 4.04. The average molecular weight is 140 g/mol. The molecule has 0 radical (unpaired) electrons. The predicted molar refractivity (Wildman–Crippen MR) is 39.7 cm³/mol. The first kappa shape index (κ1) is 9.15. The van der Waals surface area contributed by atoms with Gasteiger partial charge in [-0.15, -0.1) is 5.73 Å². The van der Waals surface area contributed by atoms with Gasteiger partial charge in [-0.2, -0.15) is 0 Å². The van der Waals surface area contributed by atoms with E-state index in [4.69, 9.17) is 5.11 Å². The molecule has 0 atom stereocenters. The highest BCUT2D eigenvalue weighted by Gasteiger charge is 1.98. The summed E-state index contributed by atoms with van der Waals surface area (Å²) in [6.45, 7) is 4.93. The Hall–Kier alpha value is -0.850. The smallest absolute Gasteiger partial charge is 0.191 e. The topological polar surface area (TPSA) is 37.3 Å². The van der Waals surface area contributed by atoms with Crippen molar-refractivity contribution in [1.29, 1.82) is 0 Å². The normalized spacial score (nSPS) is 8.40. The lowest BCUT2D eigenvalue weighted by atomic mass is 10.2. The fraction of sp³-hybridized carbons (Fsp3) is 0.500. The molecule has 2 heteroatoms. The Morgan fingerprint density at radius 1 is 1.40 bits per heavy atom. The van der Waals surface area contributed by atoms with Gasteiger partial charge in [-0.3, -0.25) is 4.79 Å². The summed E-state index contributed by atoms with van der Waals surface area (Å²) in [6, 6.07) is 0. The Balaban J connectivity index is 4.51. The van der Waals surface area contributed by atoms with Gasteiger partial charge in [-0.05, 0) is 26.3 Å². The largest absolute Gasteiger partial charge is 0.388 e. The maximum atomic E-state index is 10.7. The molecule has 0 aliphatic carbocycles. The first-order chi connectivity index (χ1) is 4.57. The number of Topliss-reactive ketones (excluding diaryl/α,β-unsaturated/α-hetero) is 1. The van der Waals surface area contributed by atoms with E-state index in [9.17, 15) is 4.79 Å². The van der Waals surface area contributed by atoms with Crippen LogP contribution in [0.3, 0.4) is 0 Å². The summed E-state index contributed by atoms with van der Waals surface area (Å²) in [6.07, 6.45) is 0. The minimum atomic E-state index is -0.424. The summed E-state index contributed by atoms with van der Waals surface area (Å²) in [7, 11) is 0. The minimum Gasteiger partial charge on any atom is -0.388 e. The standard InChI is InChI=1S/C8H12O2/c1-6(2)4-7(3)8(10)5-9/h9H,5H2,1-3H3. The molecule has 1 N–H and O–H groups in total. The Morgan fingerprint density at radius 2 is 1.90 bits per heavy atom. The molecule has 56 valence electrons. The van der Waals surface area contributed by atoms with Crippen molar-refractivity contribution in [2.75, 3.05) is 6.61 Å². The third kappa shape index (κ3) is 3.23. The first-order valence-corrected chi connectivity index (χ1v) is 3.12. The molecular formula is C8H12O2. The molecule has 0 saturated carbocycles. The number of ketones is 1. The number of hydrogen-bond acceptors (Lipinski definition) is 2. The molecule has 0 saturated heterocycles. The van der Waals surface area contributed by atoms with Gasteiger partial charge < -0.3 is 5.11 Å². The van der Waals surface area contributed by atoms with Crippen molar-refractivity contribution in [2.45, 2.75) is 20.8 Å². The van der Waals surface area contributed by atoms with Gasteiger partial charge in [0.25, 0.3) is 0 Å². The number of carbonyl (C=O) groups is 1. The zero-order valence-electron chi connectivity index (χ0n) is 6.56. The van der Waals surface area contributed by atoms with Crippen LogP contribution in [-0.2, 0) is 4.79 Å². The zero-order chi connectivity index (χ0) is 8.15. The molecule has 0 aromatic carbocycles. The third-order valence-electron chi connectivity index (χ3n) is 0.999. The summed E-state index contributed by atoms with van der Waals surface area (Å²) < 4.78 is 0. The van der Waals surface area contributed by atoms with E-state index in [0.717, 1.165) is 5.57 Å². The molecule has 0 aliphatic rings. The highest BCUT2D eigenvalue weighted by Crippen LogP contribution is 1.94. The Labute approximate surface area is 60.9 Å². The van der Waals surface area contributed by atoms with Crippen LogP contribution in [0.4, 0.5) is 0 Å². The molecule has 0 amide bonds. The van der Waals surface area contributed by atoms with Gasteiger partial charge in [-0.25, -0.2) is 0 Å². The second-order valence-electron chi connectivity index (χ2n) is 2.33. The number of aliphatic hydroxyl groups is 1. The monoisotopic (exact) mass is 140 g/mol. The highest BCUT2D eigenvalue weighted by atomic mass is 16.3. The van der Waals surface area contributed by atoms with Gasteiger partial charge in [0.05, 0.1) is 0 Å². The Morgan fingerprint density at radius 3 is 2.20 bits per heavy atom. The van der Waals surface area contributed by atoms with Crippen molar-refractivity contribution < 1.29 is 9.90 Å². The van der Waals surface area contributed by atoms with E-state index in [-0.39, 0.29) is 5.78 Å². The van der Waals surface area contributed by atoms with E-state index in [0.29, 0.717) is 5.57 Å².